The van der Waals surface area contributed by atoms with Gasteiger partial charge in [0.15, 0.2) is 0 Å². The van der Waals surface area contributed by atoms with Crippen molar-refractivity contribution in [2.24, 2.45) is 5.73 Å². The van der Waals surface area contributed by atoms with Crippen molar-refractivity contribution in [3.05, 3.63) is 81.7 Å². The number of aliphatic hydroxyl groups is 2. The van der Waals surface area contributed by atoms with Gasteiger partial charge in [0.05, 0.1) is 11.6 Å². The fourth-order valence-electron chi connectivity index (χ4n) is 4.77. The molecular weight excluding hydrogens is 448 g/mol. The number of rotatable bonds is 5. The molecule has 2 amide bonds. The van der Waals surface area contributed by atoms with Crippen molar-refractivity contribution in [3.8, 4) is 5.75 Å². The van der Waals surface area contributed by atoms with Gasteiger partial charge in [0, 0.05) is 39.3 Å². The summed E-state index contributed by atoms with van der Waals surface area (Å²) in [5.74, 6) is -0.209. The number of aromatic amines is 1. The number of hydrogen-bond acceptors (Lipinski definition) is 6. The van der Waals surface area contributed by atoms with Gasteiger partial charge in [-0.1, -0.05) is 18.2 Å². The summed E-state index contributed by atoms with van der Waals surface area (Å²) in [4.78, 5) is 27.5. The number of para-hydroxylation sites is 1. The van der Waals surface area contributed by atoms with Crippen LogP contribution < -0.4 is 21.1 Å². The molecule has 2 aliphatic rings. The van der Waals surface area contributed by atoms with Crippen LogP contribution in [0.4, 0.5) is 5.69 Å². The Labute approximate surface area is 201 Å². The predicted octanol–water partition coefficient (Wildman–Crippen LogP) is 2.30. The number of benzene rings is 2. The van der Waals surface area contributed by atoms with Gasteiger partial charge in [-0.3, -0.25) is 14.9 Å². The molecule has 1 aromatic heterocycles. The van der Waals surface area contributed by atoms with Gasteiger partial charge in [-0.15, -0.1) is 0 Å². The maximum atomic E-state index is 12.7. The highest BCUT2D eigenvalue weighted by Gasteiger charge is 2.32. The standard InChI is InChI=1S/C26H26N4O5/c1-12-19(10-17-16-9-14(24(27)32)7-8-18(16)29-25(17)33)28-13(2)22(12)26(34)30-23-15-5-3-4-6-21(15)35-11-20(23)31/h3-10,20,23,26,28,30-31,34H,11H2,1-2H3,(H2,27,32)(H,29,33)/b17-10-. The van der Waals surface area contributed by atoms with Crippen LogP contribution >= 0.6 is 0 Å². The van der Waals surface area contributed by atoms with Gasteiger partial charge in [0.2, 0.25) is 5.91 Å². The molecule has 0 fully saturated rings. The number of aryl methyl sites for hydroxylation is 1. The molecule has 0 spiro atoms. The van der Waals surface area contributed by atoms with Crippen LogP contribution in [0.1, 0.15) is 56.3 Å². The molecule has 3 aromatic rings. The van der Waals surface area contributed by atoms with Crippen molar-refractivity contribution in [2.45, 2.75) is 32.2 Å². The Kier molecular flexibility index (Phi) is 5.68. The van der Waals surface area contributed by atoms with Crippen LogP contribution in [0, 0.1) is 13.8 Å². The van der Waals surface area contributed by atoms with Gasteiger partial charge < -0.3 is 31.0 Å². The molecule has 3 heterocycles. The Morgan fingerprint density at radius 2 is 2.03 bits per heavy atom. The number of anilines is 1. The molecule has 5 rings (SSSR count). The predicted molar refractivity (Wildman–Crippen MR) is 131 cm³/mol. The molecule has 180 valence electrons. The number of carbonyl (C=O) groups excluding carboxylic acids is 2. The number of nitrogens with one attached hydrogen (secondary N) is 3. The molecule has 35 heavy (non-hydrogen) atoms. The minimum absolute atomic E-state index is 0.117. The van der Waals surface area contributed by atoms with Gasteiger partial charge in [-0.05, 0) is 49.8 Å². The van der Waals surface area contributed by atoms with E-state index in [1.54, 1.807) is 24.3 Å². The van der Waals surface area contributed by atoms with Crippen molar-refractivity contribution in [1.82, 2.24) is 10.3 Å². The van der Waals surface area contributed by atoms with E-state index in [1.165, 1.54) is 0 Å². The van der Waals surface area contributed by atoms with Crippen LogP contribution in [-0.4, -0.2) is 39.7 Å². The van der Waals surface area contributed by atoms with Crippen LogP contribution in [-0.2, 0) is 4.79 Å². The molecule has 2 aliphatic heterocycles. The summed E-state index contributed by atoms with van der Waals surface area (Å²) in [5.41, 5.74) is 10.8. The zero-order valence-electron chi connectivity index (χ0n) is 19.3. The Bertz CT molecular complexity index is 1380. The molecule has 3 unspecified atom stereocenters. The Hall–Kier alpha value is -3.92. The lowest BCUT2D eigenvalue weighted by Gasteiger charge is -2.33. The summed E-state index contributed by atoms with van der Waals surface area (Å²) >= 11 is 0. The van der Waals surface area contributed by atoms with Crippen LogP contribution in [0.25, 0.3) is 11.6 Å². The highest BCUT2D eigenvalue weighted by molar-refractivity contribution is 6.35. The minimum Gasteiger partial charge on any atom is -0.490 e. The quantitative estimate of drug-likeness (QED) is 0.247. The lowest BCUT2D eigenvalue weighted by atomic mass is 9.97. The van der Waals surface area contributed by atoms with E-state index >= 15 is 0 Å². The first kappa shape index (κ1) is 22.9. The normalized spacial score (nSPS) is 20.7. The fourth-order valence-corrected chi connectivity index (χ4v) is 4.77. The summed E-state index contributed by atoms with van der Waals surface area (Å²) in [6.45, 7) is 3.79. The molecule has 0 saturated heterocycles. The van der Waals surface area contributed by atoms with E-state index in [0.29, 0.717) is 45.1 Å². The Balaban J connectivity index is 1.47. The number of ether oxygens (including phenoxy) is 1. The first-order valence-electron chi connectivity index (χ1n) is 11.2. The van der Waals surface area contributed by atoms with Crippen molar-refractivity contribution in [2.75, 3.05) is 11.9 Å². The van der Waals surface area contributed by atoms with E-state index in [1.807, 2.05) is 38.1 Å². The van der Waals surface area contributed by atoms with Crippen molar-refractivity contribution in [3.63, 3.8) is 0 Å². The topological polar surface area (TPSA) is 150 Å². The SMILES string of the molecule is Cc1[nH]c(/C=C2\C(=O)Nc3ccc(C(N)=O)cc32)c(C)c1C(O)NC1c2ccccc2OCC1O. The van der Waals surface area contributed by atoms with E-state index in [2.05, 4.69) is 15.6 Å². The first-order valence-corrected chi connectivity index (χ1v) is 11.2. The van der Waals surface area contributed by atoms with Gasteiger partial charge >= 0.3 is 0 Å². The Morgan fingerprint density at radius 3 is 2.80 bits per heavy atom. The second-order valence-electron chi connectivity index (χ2n) is 8.80. The molecule has 7 N–H and O–H groups in total. The molecule has 0 radical (unpaired) electrons. The number of carbonyl (C=O) groups is 2. The van der Waals surface area contributed by atoms with Crippen LogP contribution in [0.5, 0.6) is 5.75 Å². The van der Waals surface area contributed by atoms with E-state index < -0.39 is 24.3 Å². The third-order valence-electron chi connectivity index (χ3n) is 6.57. The monoisotopic (exact) mass is 474 g/mol. The number of nitrogens with two attached hydrogens (primary N) is 1. The molecule has 2 aromatic carbocycles. The largest absolute Gasteiger partial charge is 0.490 e. The van der Waals surface area contributed by atoms with Crippen molar-refractivity contribution in [1.29, 1.82) is 0 Å². The number of H-pyrrole nitrogens is 1. The van der Waals surface area contributed by atoms with Crippen LogP contribution in [0.3, 0.4) is 0 Å². The molecule has 9 nitrogen and oxygen atoms in total. The molecule has 3 atom stereocenters. The number of amides is 2. The average Bonchev–Trinajstić information content (AvgIpc) is 3.29. The average molecular weight is 475 g/mol. The number of fused-ring (bicyclic) bond motifs is 2. The maximum absolute atomic E-state index is 12.7. The lowest BCUT2D eigenvalue weighted by Crippen LogP contribution is -2.41. The highest BCUT2D eigenvalue weighted by atomic mass is 16.5. The third-order valence-corrected chi connectivity index (χ3v) is 6.57. The lowest BCUT2D eigenvalue weighted by molar-refractivity contribution is -0.110. The van der Waals surface area contributed by atoms with Gasteiger partial charge in [-0.25, -0.2) is 0 Å². The second-order valence-corrected chi connectivity index (χ2v) is 8.80. The fraction of sp³-hybridized carbons (Fsp3) is 0.231. The van der Waals surface area contributed by atoms with E-state index in [9.17, 15) is 19.8 Å². The van der Waals surface area contributed by atoms with Gasteiger partial charge in [0.1, 0.15) is 24.7 Å². The molecule has 9 heteroatoms. The molecular formula is C26H26N4O5. The van der Waals surface area contributed by atoms with Gasteiger partial charge in [-0.2, -0.15) is 0 Å². The highest BCUT2D eigenvalue weighted by Crippen LogP contribution is 2.37. The first-order chi connectivity index (χ1) is 16.7. The number of aliphatic hydroxyl groups excluding tert-OH is 2. The molecule has 0 saturated carbocycles. The summed E-state index contributed by atoms with van der Waals surface area (Å²) in [5, 5.41) is 27.6. The number of hydrogen-bond donors (Lipinski definition) is 6. The van der Waals surface area contributed by atoms with Crippen LogP contribution in [0.2, 0.25) is 0 Å². The van der Waals surface area contributed by atoms with Crippen molar-refractivity contribution >= 4 is 29.2 Å². The number of primary amides is 1. The summed E-state index contributed by atoms with van der Waals surface area (Å²) in [7, 11) is 0. The summed E-state index contributed by atoms with van der Waals surface area (Å²) < 4.78 is 5.59. The van der Waals surface area contributed by atoms with E-state index in [-0.39, 0.29) is 12.5 Å². The molecule has 0 bridgehead atoms. The molecule has 0 aliphatic carbocycles. The Morgan fingerprint density at radius 1 is 1.26 bits per heavy atom. The van der Waals surface area contributed by atoms with Gasteiger partial charge in [0.25, 0.3) is 5.91 Å². The minimum atomic E-state index is -1.09. The van der Waals surface area contributed by atoms with E-state index in [0.717, 1.165) is 11.1 Å². The zero-order chi connectivity index (χ0) is 24.9. The smallest absolute Gasteiger partial charge is 0.256 e. The zero-order valence-corrected chi connectivity index (χ0v) is 19.3. The maximum Gasteiger partial charge on any atom is 0.256 e. The van der Waals surface area contributed by atoms with E-state index in [4.69, 9.17) is 10.5 Å². The second kappa shape index (κ2) is 8.70. The summed E-state index contributed by atoms with van der Waals surface area (Å²) in [6, 6.07) is 11.7. The van der Waals surface area contributed by atoms with Crippen molar-refractivity contribution < 1.29 is 24.5 Å². The number of aromatic nitrogens is 1. The summed E-state index contributed by atoms with van der Waals surface area (Å²) in [6.07, 6.45) is -0.225. The third kappa shape index (κ3) is 3.99. The van der Waals surface area contributed by atoms with Crippen LogP contribution in [0.15, 0.2) is 42.5 Å².